The minimum Gasteiger partial charge on any atom is -0.448 e. The molecule has 1 aliphatic heterocycles. The number of benzene rings is 2. The summed E-state index contributed by atoms with van der Waals surface area (Å²) < 4.78 is 54.0. The third kappa shape index (κ3) is 8.29. The third-order valence-corrected chi connectivity index (χ3v) is 9.46. The summed E-state index contributed by atoms with van der Waals surface area (Å²) in [5.74, 6) is -2.87. The second kappa shape index (κ2) is 15.8. The number of pyridine rings is 2. The summed E-state index contributed by atoms with van der Waals surface area (Å²) in [6.45, 7) is 0.864. The molecule has 0 bridgehead atoms. The second-order valence-corrected chi connectivity index (χ2v) is 12.7. The van der Waals surface area contributed by atoms with Gasteiger partial charge in [0.05, 0.1) is 48.4 Å². The van der Waals surface area contributed by atoms with Crippen molar-refractivity contribution in [2.75, 3.05) is 25.1 Å². The zero-order chi connectivity index (χ0) is 35.1. The molecule has 3 atom stereocenters. The van der Waals surface area contributed by atoms with Gasteiger partial charge in [-0.3, -0.25) is 14.8 Å². The van der Waals surface area contributed by atoms with Gasteiger partial charge in [0.15, 0.2) is 0 Å². The van der Waals surface area contributed by atoms with E-state index in [4.69, 9.17) is 15.2 Å². The van der Waals surface area contributed by atoms with E-state index >= 15 is 4.39 Å². The lowest BCUT2D eigenvalue weighted by atomic mass is 9.72. The molecule has 2 aromatic heterocycles. The van der Waals surface area contributed by atoms with Crippen molar-refractivity contribution >= 4 is 17.7 Å². The first-order valence-corrected chi connectivity index (χ1v) is 16.6. The number of nitrogens with two attached hydrogens (primary N) is 1. The minimum absolute atomic E-state index is 0.122. The molecule has 262 valence electrons. The van der Waals surface area contributed by atoms with Crippen molar-refractivity contribution in [3.8, 4) is 0 Å². The monoisotopic (exact) mass is 688 g/mol. The topological polar surface area (TPSA) is 140 Å². The maximum absolute atomic E-state index is 15.1. The van der Waals surface area contributed by atoms with Gasteiger partial charge in [-0.2, -0.15) is 0 Å². The van der Waals surface area contributed by atoms with E-state index in [-0.39, 0.29) is 36.4 Å². The Morgan fingerprint density at radius 3 is 2.20 bits per heavy atom. The number of hydrogen-bond donors (Lipinski definition) is 4. The predicted octanol–water partition coefficient (Wildman–Crippen LogP) is 5.09. The van der Waals surface area contributed by atoms with Crippen molar-refractivity contribution in [2.45, 2.75) is 61.7 Å². The quantitative estimate of drug-likeness (QED) is 0.162. The van der Waals surface area contributed by atoms with Crippen LogP contribution in [-0.4, -0.2) is 59.9 Å². The van der Waals surface area contributed by atoms with Crippen molar-refractivity contribution in [1.29, 1.82) is 0 Å². The summed E-state index contributed by atoms with van der Waals surface area (Å²) >= 11 is 0. The Hall–Kier alpha value is -4.85. The summed E-state index contributed by atoms with van der Waals surface area (Å²) in [6.07, 6.45) is 8.44. The van der Waals surface area contributed by atoms with Crippen LogP contribution in [0.5, 0.6) is 0 Å². The maximum Gasteiger partial charge on any atom is 0.407 e. The van der Waals surface area contributed by atoms with Gasteiger partial charge in [-0.1, -0.05) is 24.3 Å². The molecular formula is C37H39F3N6O4. The number of hydrogen-bond acceptors (Lipinski definition) is 8. The average Bonchev–Trinajstić information content (AvgIpc) is 3.11. The number of ether oxygens (including phenoxy) is 2. The highest BCUT2D eigenvalue weighted by molar-refractivity contribution is 5.96. The van der Waals surface area contributed by atoms with Crippen molar-refractivity contribution in [1.82, 2.24) is 20.6 Å². The Balaban J connectivity index is 1.02. The van der Waals surface area contributed by atoms with Crippen LogP contribution in [-0.2, 0) is 26.2 Å². The Bertz CT molecular complexity index is 1710. The smallest absolute Gasteiger partial charge is 0.407 e. The zero-order valence-corrected chi connectivity index (χ0v) is 27.3. The van der Waals surface area contributed by atoms with E-state index in [1.165, 1.54) is 54.7 Å². The minimum atomic E-state index is -1.19. The largest absolute Gasteiger partial charge is 0.448 e. The molecule has 2 aliphatic rings. The van der Waals surface area contributed by atoms with E-state index in [0.29, 0.717) is 30.7 Å². The molecule has 2 aromatic carbocycles. The molecule has 2 amide bonds. The maximum atomic E-state index is 15.1. The Morgan fingerprint density at radius 1 is 0.960 bits per heavy atom. The van der Waals surface area contributed by atoms with Crippen LogP contribution in [0.4, 0.5) is 23.7 Å². The highest BCUT2D eigenvalue weighted by Crippen LogP contribution is 2.41. The number of aromatic nitrogens is 2. The van der Waals surface area contributed by atoms with Crippen molar-refractivity contribution in [3.63, 3.8) is 0 Å². The molecule has 1 aliphatic carbocycles. The number of nitrogens with one attached hydrogen (secondary N) is 3. The van der Waals surface area contributed by atoms with Crippen molar-refractivity contribution in [3.05, 3.63) is 125 Å². The number of carbonyl (C=O) groups excluding carboxylic acids is 2. The molecule has 10 nitrogen and oxygen atoms in total. The van der Waals surface area contributed by atoms with Crippen LogP contribution in [0.15, 0.2) is 85.5 Å². The van der Waals surface area contributed by atoms with Crippen molar-refractivity contribution < 1.29 is 32.2 Å². The van der Waals surface area contributed by atoms with E-state index < -0.39 is 47.0 Å². The van der Waals surface area contributed by atoms with Crippen LogP contribution in [0.25, 0.3) is 0 Å². The lowest BCUT2D eigenvalue weighted by Crippen LogP contribution is -2.53. The fraction of sp³-hybridized carbons (Fsp3) is 0.351. The molecule has 5 N–H and O–H groups in total. The number of carbonyl (C=O) groups is 2. The summed E-state index contributed by atoms with van der Waals surface area (Å²) in [5, 5.41) is 9.08. The molecule has 0 radical (unpaired) electrons. The van der Waals surface area contributed by atoms with Gasteiger partial charge in [-0.15, -0.1) is 0 Å². The molecule has 2 fully saturated rings. The second-order valence-electron chi connectivity index (χ2n) is 12.7. The number of rotatable bonds is 12. The van der Waals surface area contributed by atoms with Gasteiger partial charge in [0.2, 0.25) is 5.91 Å². The molecule has 1 saturated carbocycles. The van der Waals surface area contributed by atoms with Crippen LogP contribution >= 0.6 is 0 Å². The van der Waals surface area contributed by atoms with Gasteiger partial charge in [0.25, 0.3) is 0 Å². The number of anilines is 1. The summed E-state index contributed by atoms with van der Waals surface area (Å²) in [5.41, 5.74) is 8.56. The molecule has 50 heavy (non-hydrogen) atoms. The van der Waals surface area contributed by atoms with Gasteiger partial charge < -0.3 is 31.2 Å². The molecule has 13 heteroatoms. The molecule has 1 unspecified atom stereocenters. The Labute approximate surface area is 288 Å². The number of alkyl carbamates (subject to hydrolysis) is 1. The van der Waals surface area contributed by atoms with E-state index in [0.717, 1.165) is 31.0 Å². The third-order valence-electron chi connectivity index (χ3n) is 9.46. The fourth-order valence-corrected chi connectivity index (χ4v) is 6.50. The molecule has 3 heterocycles. The summed E-state index contributed by atoms with van der Waals surface area (Å²) in [7, 11) is 0. The summed E-state index contributed by atoms with van der Waals surface area (Å²) in [4.78, 5) is 34.1. The van der Waals surface area contributed by atoms with Gasteiger partial charge in [-0.25, -0.2) is 18.0 Å². The van der Waals surface area contributed by atoms with Gasteiger partial charge in [-0.05, 0) is 85.2 Å². The van der Waals surface area contributed by atoms with Crippen LogP contribution in [0.2, 0.25) is 0 Å². The first-order chi connectivity index (χ1) is 24.2. The number of morpholine rings is 1. The van der Waals surface area contributed by atoms with Crippen LogP contribution in [0.1, 0.15) is 53.9 Å². The first kappa shape index (κ1) is 35.0. The molecule has 6 rings (SSSR count). The van der Waals surface area contributed by atoms with Crippen LogP contribution < -0.4 is 21.7 Å². The average molecular weight is 689 g/mol. The first-order valence-electron chi connectivity index (χ1n) is 16.6. The molecule has 1 saturated heterocycles. The highest BCUT2D eigenvalue weighted by Gasteiger charge is 2.40. The molecular weight excluding hydrogens is 649 g/mol. The van der Waals surface area contributed by atoms with E-state index in [1.54, 1.807) is 12.4 Å². The highest BCUT2D eigenvalue weighted by atomic mass is 19.1. The fourth-order valence-electron chi connectivity index (χ4n) is 6.50. The van der Waals surface area contributed by atoms with Crippen molar-refractivity contribution in [2.24, 2.45) is 5.73 Å². The Kier molecular flexibility index (Phi) is 11.1. The number of halogens is 3. The number of nitrogens with zero attached hydrogens (tertiary/aromatic N) is 2. The van der Waals surface area contributed by atoms with Crippen LogP contribution in [0, 0.1) is 17.5 Å². The summed E-state index contributed by atoms with van der Waals surface area (Å²) in [6, 6.07) is 13.5. The SMILES string of the molecule is NC(C(=O)Nc1cncc(F)c1CC[C@@H]1CN[C@H](COC(=O)NC2(c3ccncc3)CCC2)CO1)C(c1ccc(F)cc1)c1ccc(F)cc1. The molecule has 4 aromatic rings. The lowest BCUT2D eigenvalue weighted by Gasteiger charge is -2.42. The lowest BCUT2D eigenvalue weighted by molar-refractivity contribution is -0.117. The number of amides is 2. The van der Waals surface area contributed by atoms with Gasteiger partial charge >= 0.3 is 6.09 Å². The van der Waals surface area contributed by atoms with Gasteiger partial charge in [0, 0.05) is 30.4 Å². The van der Waals surface area contributed by atoms with E-state index in [1.807, 2.05) is 12.1 Å². The van der Waals surface area contributed by atoms with Gasteiger partial charge in [0.1, 0.15) is 24.1 Å². The normalized spacial score (nSPS) is 18.9. The molecule has 0 spiro atoms. The standard InChI is InChI=1S/C37H39F3N6O4/c38-26-6-2-23(3-7-26)33(24-4-8-27(39)9-5-24)34(41)35(47)45-32-20-43-19-31(40)30(32)11-10-29-18-44-28(21-49-29)22-50-36(48)46-37(14-1-15-37)25-12-16-42-17-13-25/h2-9,12-13,16-17,19-20,28-29,33-34,44H,1,10-11,14-15,18,21-22,41H2,(H,45,47)(H,46,48)/t28-,29+,34?/m0/s1. The zero-order valence-electron chi connectivity index (χ0n) is 27.3. The predicted molar refractivity (Wildman–Crippen MR) is 180 cm³/mol. The van der Waals surface area contributed by atoms with E-state index in [9.17, 15) is 18.4 Å². The van der Waals surface area contributed by atoms with Crippen LogP contribution in [0.3, 0.4) is 0 Å². The Morgan fingerprint density at radius 2 is 1.62 bits per heavy atom. The van der Waals surface area contributed by atoms with E-state index in [2.05, 4.69) is 25.9 Å².